The van der Waals surface area contributed by atoms with Crippen molar-refractivity contribution in [1.82, 2.24) is 4.90 Å². The maximum atomic E-state index is 11.4. The molecule has 1 unspecified atom stereocenters. The van der Waals surface area contributed by atoms with E-state index in [4.69, 9.17) is 0 Å². The highest BCUT2D eigenvalue weighted by molar-refractivity contribution is 8.88. The number of carbonyl (C=O) groups excluding carboxylic acids is 1. The van der Waals surface area contributed by atoms with Gasteiger partial charge in [0, 0.05) is 17.3 Å². The summed E-state index contributed by atoms with van der Waals surface area (Å²) in [6.07, 6.45) is 0.917. The largest absolute Gasteiger partial charge is 0.298 e. The van der Waals surface area contributed by atoms with E-state index < -0.39 is 0 Å². The van der Waals surface area contributed by atoms with Crippen molar-refractivity contribution in [3.63, 3.8) is 0 Å². The van der Waals surface area contributed by atoms with Gasteiger partial charge in [0.1, 0.15) is 0 Å². The number of carbonyl (C=O) groups is 1. The number of fused-ring (bicyclic) bond motifs is 1. The molecule has 0 radical (unpaired) electrons. The lowest BCUT2D eigenvalue weighted by Gasteiger charge is -2.24. The van der Waals surface area contributed by atoms with Crippen molar-refractivity contribution < 1.29 is 4.79 Å². The third-order valence-corrected chi connectivity index (χ3v) is 4.76. The van der Waals surface area contributed by atoms with Crippen LogP contribution in [0.15, 0.2) is 35.3 Å². The average molecular weight is 250 g/mol. The van der Waals surface area contributed by atoms with Gasteiger partial charge in [-0.25, -0.2) is 0 Å². The Kier molecular flexibility index (Phi) is 2.65. The number of hydrogen-bond donors (Lipinski definition) is 0. The van der Waals surface area contributed by atoms with Gasteiger partial charge in [0.25, 0.3) is 5.24 Å². The topological polar surface area (TPSA) is 32.7 Å². The summed E-state index contributed by atoms with van der Waals surface area (Å²) in [6.45, 7) is 0.789. The molecule has 2 aliphatic rings. The van der Waals surface area contributed by atoms with Crippen molar-refractivity contribution in [3.8, 4) is 0 Å². The normalized spacial score (nSPS) is 24.2. The molecular formula is C11H10N2OS2. The molecule has 0 spiro atoms. The van der Waals surface area contributed by atoms with Gasteiger partial charge in [0.15, 0.2) is 5.17 Å². The number of benzene rings is 1. The standard InChI is InChI=1S/C11H10N2OS2/c14-11-13-7-6-9(12-10(13)15-16-11)8-4-2-1-3-5-8/h1-5,9H,6-7H2. The minimum absolute atomic E-state index is 0.121. The molecule has 1 aromatic carbocycles. The maximum absolute atomic E-state index is 11.4. The molecule has 3 rings (SSSR count). The summed E-state index contributed by atoms with van der Waals surface area (Å²) in [5.74, 6) is 0. The first-order valence-corrected chi connectivity index (χ1v) is 7.28. The Morgan fingerprint density at radius 2 is 2.06 bits per heavy atom. The van der Waals surface area contributed by atoms with Crippen LogP contribution < -0.4 is 0 Å². The molecule has 0 saturated carbocycles. The predicted octanol–water partition coefficient (Wildman–Crippen LogP) is 3.30. The molecule has 3 nitrogen and oxygen atoms in total. The summed E-state index contributed by atoms with van der Waals surface area (Å²) in [5, 5.41) is 0.991. The summed E-state index contributed by atoms with van der Waals surface area (Å²) in [6, 6.07) is 10.5. The van der Waals surface area contributed by atoms with Crippen LogP contribution in [0.1, 0.15) is 18.0 Å². The molecule has 1 atom stereocenters. The van der Waals surface area contributed by atoms with Gasteiger partial charge in [-0.15, -0.1) is 0 Å². The zero-order chi connectivity index (χ0) is 11.0. The Labute approximate surface area is 102 Å². The van der Waals surface area contributed by atoms with Gasteiger partial charge in [-0.2, -0.15) is 0 Å². The predicted molar refractivity (Wildman–Crippen MR) is 68.5 cm³/mol. The fraction of sp³-hybridized carbons (Fsp3) is 0.273. The lowest BCUT2D eigenvalue weighted by molar-refractivity contribution is 0.242. The molecule has 1 amide bonds. The molecule has 5 heteroatoms. The van der Waals surface area contributed by atoms with Gasteiger partial charge in [0.2, 0.25) is 0 Å². The zero-order valence-corrected chi connectivity index (χ0v) is 10.1. The fourth-order valence-corrected chi connectivity index (χ4v) is 3.90. The minimum Gasteiger partial charge on any atom is -0.281 e. The fourth-order valence-electron chi connectivity index (χ4n) is 1.88. The van der Waals surface area contributed by atoms with Gasteiger partial charge >= 0.3 is 0 Å². The van der Waals surface area contributed by atoms with Gasteiger partial charge < -0.3 is 0 Å². The molecule has 0 N–H and O–H groups in total. The third-order valence-electron chi connectivity index (χ3n) is 2.72. The van der Waals surface area contributed by atoms with Crippen LogP contribution in [0.4, 0.5) is 4.79 Å². The summed E-state index contributed by atoms with van der Waals surface area (Å²) < 4.78 is 0. The van der Waals surface area contributed by atoms with Crippen LogP contribution in [-0.4, -0.2) is 21.9 Å². The van der Waals surface area contributed by atoms with Crippen LogP contribution in [0.25, 0.3) is 0 Å². The van der Waals surface area contributed by atoms with Crippen LogP contribution in [0.5, 0.6) is 0 Å². The smallest absolute Gasteiger partial charge is 0.281 e. The molecule has 0 bridgehead atoms. The Morgan fingerprint density at radius 3 is 2.88 bits per heavy atom. The lowest BCUT2D eigenvalue weighted by atomic mass is 10.0. The van der Waals surface area contributed by atoms with Gasteiger partial charge in [0.05, 0.1) is 6.04 Å². The number of nitrogens with zero attached hydrogens (tertiary/aromatic N) is 2. The average Bonchev–Trinajstić information content (AvgIpc) is 2.72. The van der Waals surface area contributed by atoms with Crippen molar-refractivity contribution in [2.75, 3.05) is 6.54 Å². The Morgan fingerprint density at radius 1 is 1.25 bits per heavy atom. The lowest BCUT2D eigenvalue weighted by Crippen LogP contribution is -2.32. The number of rotatable bonds is 1. The van der Waals surface area contributed by atoms with Crippen molar-refractivity contribution >= 4 is 32.0 Å². The van der Waals surface area contributed by atoms with Crippen LogP contribution in [-0.2, 0) is 0 Å². The van der Waals surface area contributed by atoms with Crippen LogP contribution >= 0.6 is 21.6 Å². The number of hydrogen-bond acceptors (Lipinski definition) is 4. The minimum atomic E-state index is 0.121. The second-order valence-corrected chi connectivity index (χ2v) is 5.76. The van der Waals surface area contributed by atoms with E-state index >= 15 is 0 Å². The molecule has 2 aliphatic heterocycles. The van der Waals surface area contributed by atoms with E-state index in [2.05, 4.69) is 17.1 Å². The van der Waals surface area contributed by atoms with Crippen LogP contribution in [0.3, 0.4) is 0 Å². The summed E-state index contributed by atoms with van der Waals surface area (Å²) in [7, 11) is 2.75. The first-order valence-electron chi connectivity index (χ1n) is 5.13. The van der Waals surface area contributed by atoms with Crippen molar-refractivity contribution in [2.24, 2.45) is 4.99 Å². The SMILES string of the molecule is O=C1SSC2=NC(c3ccccc3)CCN12. The van der Waals surface area contributed by atoms with E-state index in [0.29, 0.717) is 0 Å². The molecule has 16 heavy (non-hydrogen) atoms. The van der Waals surface area contributed by atoms with E-state index in [0.717, 1.165) is 18.1 Å². The monoisotopic (exact) mass is 250 g/mol. The summed E-state index contributed by atoms with van der Waals surface area (Å²) in [4.78, 5) is 17.8. The second-order valence-electron chi connectivity index (χ2n) is 3.71. The summed E-state index contributed by atoms with van der Waals surface area (Å²) in [5.41, 5.74) is 1.24. The molecule has 0 aromatic heterocycles. The van der Waals surface area contributed by atoms with Gasteiger partial charge in [-0.3, -0.25) is 14.7 Å². The molecule has 82 valence electrons. The van der Waals surface area contributed by atoms with Crippen LogP contribution in [0, 0.1) is 0 Å². The highest BCUT2D eigenvalue weighted by Gasteiger charge is 2.33. The second kappa shape index (κ2) is 4.14. The number of aliphatic imine (C=N–C) groups is 1. The molecule has 1 aromatic rings. The van der Waals surface area contributed by atoms with Gasteiger partial charge in [-0.1, -0.05) is 30.3 Å². The summed E-state index contributed by atoms with van der Waals surface area (Å²) >= 11 is 0. The molecule has 1 fully saturated rings. The number of amidine groups is 1. The van der Waals surface area contributed by atoms with E-state index in [1.54, 1.807) is 4.90 Å². The Hall–Kier alpha value is -0.940. The highest BCUT2D eigenvalue weighted by Crippen LogP contribution is 2.41. The van der Waals surface area contributed by atoms with Crippen molar-refractivity contribution in [3.05, 3.63) is 35.9 Å². The van der Waals surface area contributed by atoms with Crippen LogP contribution in [0.2, 0.25) is 0 Å². The third kappa shape index (κ3) is 1.74. The first-order chi connectivity index (χ1) is 7.84. The van der Waals surface area contributed by atoms with Crippen molar-refractivity contribution in [1.29, 1.82) is 0 Å². The Balaban J connectivity index is 1.89. The molecule has 2 heterocycles. The molecule has 0 aliphatic carbocycles. The van der Waals surface area contributed by atoms with E-state index in [1.807, 2.05) is 18.2 Å². The van der Waals surface area contributed by atoms with E-state index in [9.17, 15) is 4.79 Å². The van der Waals surface area contributed by atoms with Crippen molar-refractivity contribution in [2.45, 2.75) is 12.5 Å². The molecule has 1 saturated heterocycles. The van der Waals surface area contributed by atoms with Gasteiger partial charge in [-0.05, 0) is 22.8 Å². The highest BCUT2D eigenvalue weighted by atomic mass is 33.1. The first kappa shape index (κ1) is 10.2. The maximum Gasteiger partial charge on any atom is 0.298 e. The quantitative estimate of drug-likeness (QED) is 0.717. The van der Waals surface area contributed by atoms with E-state index in [1.165, 1.54) is 27.2 Å². The zero-order valence-electron chi connectivity index (χ0n) is 8.50. The van der Waals surface area contributed by atoms with E-state index in [-0.39, 0.29) is 11.3 Å². The number of amides is 1. The molecular weight excluding hydrogens is 240 g/mol. The Bertz CT molecular complexity index is 447.